The molecule has 0 aromatic heterocycles. The number of nitrogens with one attached hydrogen (secondary N) is 1. The Labute approximate surface area is 79.1 Å². The number of likely N-dealkylation sites (tertiary alicyclic amines) is 1. The number of piperidine rings is 1. The van der Waals surface area contributed by atoms with Crippen molar-refractivity contribution in [2.45, 2.75) is 31.2 Å². The largest absolute Gasteiger partial charge is 0.290 e. The van der Waals surface area contributed by atoms with Gasteiger partial charge in [0.25, 0.3) is 0 Å². The quantitative estimate of drug-likeness (QED) is 0.668. The van der Waals surface area contributed by atoms with E-state index >= 15 is 0 Å². The Morgan fingerprint density at radius 3 is 2.58 bits per heavy atom. The highest BCUT2D eigenvalue weighted by Crippen LogP contribution is 2.32. The Bertz CT molecular complexity index is 149. The standard InChI is InChI=1S/C9H18N2S/c1-9(10-5-8-12-9)11-6-3-2-4-7-11/h10H,2-8H2,1H3. The number of nitrogens with zero attached hydrogens (tertiary/aromatic N) is 1. The molecular formula is C9H18N2S. The van der Waals surface area contributed by atoms with Crippen molar-refractivity contribution >= 4 is 11.8 Å². The van der Waals surface area contributed by atoms with E-state index in [1.54, 1.807) is 0 Å². The molecule has 1 unspecified atom stereocenters. The predicted molar refractivity (Wildman–Crippen MR) is 54.3 cm³/mol. The van der Waals surface area contributed by atoms with Crippen molar-refractivity contribution in [2.24, 2.45) is 0 Å². The van der Waals surface area contributed by atoms with Crippen molar-refractivity contribution < 1.29 is 0 Å². The molecule has 12 heavy (non-hydrogen) atoms. The van der Waals surface area contributed by atoms with Gasteiger partial charge in [0.1, 0.15) is 4.99 Å². The van der Waals surface area contributed by atoms with Crippen LogP contribution < -0.4 is 5.32 Å². The van der Waals surface area contributed by atoms with Gasteiger partial charge in [0.05, 0.1) is 0 Å². The van der Waals surface area contributed by atoms with E-state index in [4.69, 9.17) is 0 Å². The minimum absolute atomic E-state index is 0.264. The van der Waals surface area contributed by atoms with Crippen LogP contribution in [0.1, 0.15) is 26.2 Å². The lowest BCUT2D eigenvalue weighted by molar-refractivity contribution is 0.131. The summed E-state index contributed by atoms with van der Waals surface area (Å²) in [5, 5.41) is 3.59. The molecule has 0 aromatic carbocycles. The highest BCUT2D eigenvalue weighted by atomic mass is 32.2. The Morgan fingerprint density at radius 2 is 2.00 bits per heavy atom. The maximum atomic E-state index is 3.59. The third kappa shape index (κ3) is 1.63. The molecule has 0 radical (unpaired) electrons. The molecule has 1 N–H and O–H groups in total. The lowest BCUT2D eigenvalue weighted by Gasteiger charge is -2.40. The number of hydrogen-bond acceptors (Lipinski definition) is 3. The van der Waals surface area contributed by atoms with E-state index in [2.05, 4.69) is 28.9 Å². The van der Waals surface area contributed by atoms with E-state index < -0.39 is 0 Å². The number of thioether (sulfide) groups is 1. The second kappa shape index (κ2) is 3.56. The molecule has 2 heterocycles. The van der Waals surface area contributed by atoms with Crippen molar-refractivity contribution in [3.8, 4) is 0 Å². The van der Waals surface area contributed by atoms with Crippen LogP contribution in [-0.4, -0.2) is 35.3 Å². The van der Waals surface area contributed by atoms with Crippen molar-refractivity contribution in [1.82, 2.24) is 10.2 Å². The third-order valence-electron chi connectivity index (χ3n) is 2.90. The first kappa shape index (κ1) is 8.85. The average Bonchev–Trinajstić information content (AvgIpc) is 2.55. The van der Waals surface area contributed by atoms with Gasteiger partial charge in [-0.3, -0.25) is 10.2 Å². The normalized spacial score (nSPS) is 38.8. The van der Waals surface area contributed by atoms with Crippen LogP contribution in [0.5, 0.6) is 0 Å². The fraction of sp³-hybridized carbons (Fsp3) is 1.00. The zero-order valence-corrected chi connectivity index (χ0v) is 8.62. The highest BCUT2D eigenvalue weighted by Gasteiger charge is 2.35. The first-order valence-electron chi connectivity index (χ1n) is 4.95. The molecule has 2 aliphatic rings. The summed E-state index contributed by atoms with van der Waals surface area (Å²) in [7, 11) is 0. The molecule has 70 valence electrons. The van der Waals surface area contributed by atoms with Gasteiger partial charge >= 0.3 is 0 Å². The molecule has 0 bridgehead atoms. The molecule has 0 aromatic rings. The Morgan fingerprint density at radius 1 is 1.25 bits per heavy atom. The number of rotatable bonds is 1. The van der Waals surface area contributed by atoms with Crippen LogP contribution >= 0.6 is 11.8 Å². The zero-order chi connectivity index (χ0) is 8.44. The lowest BCUT2D eigenvalue weighted by atomic mass is 10.1. The van der Waals surface area contributed by atoms with Crippen LogP contribution in [-0.2, 0) is 0 Å². The van der Waals surface area contributed by atoms with Gasteiger partial charge < -0.3 is 0 Å². The zero-order valence-electron chi connectivity index (χ0n) is 7.81. The summed E-state index contributed by atoms with van der Waals surface area (Å²) in [6.07, 6.45) is 4.20. The molecule has 0 saturated carbocycles. The molecule has 1 atom stereocenters. The van der Waals surface area contributed by atoms with Gasteiger partial charge in [0.15, 0.2) is 0 Å². The van der Waals surface area contributed by atoms with Crippen LogP contribution in [0.3, 0.4) is 0 Å². The fourth-order valence-corrected chi connectivity index (χ4v) is 3.28. The van der Waals surface area contributed by atoms with Crippen LogP contribution in [0.15, 0.2) is 0 Å². The van der Waals surface area contributed by atoms with Crippen molar-refractivity contribution in [3.05, 3.63) is 0 Å². The van der Waals surface area contributed by atoms with E-state index in [0.717, 1.165) is 0 Å². The topological polar surface area (TPSA) is 15.3 Å². The molecule has 2 aliphatic heterocycles. The molecule has 2 fully saturated rings. The highest BCUT2D eigenvalue weighted by molar-refractivity contribution is 8.00. The molecule has 3 heteroatoms. The van der Waals surface area contributed by atoms with Crippen molar-refractivity contribution in [3.63, 3.8) is 0 Å². The summed E-state index contributed by atoms with van der Waals surface area (Å²) in [6, 6.07) is 0. The van der Waals surface area contributed by atoms with Gasteiger partial charge in [-0.15, -0.1) is 11.8 Å². The van der Waals surface area contributed by atoms with E-state index in [1.807, 2.05) is 0 Å². The van der Waals surface area contributed by atoms with Gasteiger partial charge in [-0.05, 0) is 19.8 Å². The Balaban J connectivity index is 1.96. The molecule has 2 rings (SSSR count). The maximum absolute atomic E-state index is 3.59. The van der Waals surface area contributed by atoms with Gasteiger partial charge in [-0.2, -0.15) is 0 Å². The first-order chi connectivity index (χ1) is 5.81. The van der Waals surface area contributed by atoms with E-state index in [9.17, 15) is 0 Å². The summed E-state index contributed by atoms with van der Waals surface area (Å²) in [6.45, 7) is 6.08. The van der Waals surface area contributed by atoms with Crippen molar-refractivity contribution in [2.75, 3.05) is 25.4 Å². The predicted octanol–water partition coefficient (Wildman–Crippen LogP) is 1.48. The van der Waals surface area contributed by atoms with E-state index in [0.29, 0.717) is 0 Å². The third-order valence-corrected chi connectivity index (χ3v) is 4.27. The van der Waals surface area contributed by atoms with E-state index in [1.165, 1.54) is 44.6 Å². The van der Waals surface area contributed by atoms with Crippen LogP contribution in [0, 0.1) is 0 Å². The monoisotopic (exact) mass is 186 g/mol. The molecule has 0 spiro atoms. The summed E-state index contributed by atoms with van der Waals surface area (Å²) < 4.78 is 0. The van der Waals surface area contributed by atoms with Crippen LogP contribution in [0.25, 0.3) is 0 Å². The maximum Gasteiger partial charge on any atom is 0.116 e. The SMILES string of the molecule is CC1(N2CCCCC2)NCCS1. The fourth-order valence-electron chi connectivity index (χ4n) is 2.11. The molecule has 0 aliphatic carbocycles. The Hall–Kier alpha value is 0.270. The van der Waals surface area contributed by atoms with Crippen LogP contribution in [0.2, 0.25) is 0 Å². The Kier molecular flexibility index (Phi) is 2.63. The first-order valence-corrected chi connectivity index (χ1v) is 5.94. The second-order valence-corrected chi connectivity index (χ2v) is 5.30. The molecule has 2 nitrogen and oxygen atoms in total. The van der Waals surface area contributed by atoms with Crippen molar-refractivity contribution in [1.29, 1.82) is 0 Å². The van der Waals surface area contributed by atoms with Gasteiger partial charge in [-0.25, -0.2) is 0 Å². The summed E-state index contributed by atoms with van der Waals surface area (Å²) >= 11 is 2.07. The second-order valence-electron chi connectivity index (χ2n) is 3.81. The molecular weight excluding hydrogens is 168 g/mol. The van der Waals surface area contributed by atoms with Gasteiger partial charge in [0.2, 0.25) is 0 Å². The smallest absolute Gasteiger partial charge is 0.116 e. The van der Waals surface area contributed by atoms with Gasteiger partial charge in [0, 0.05) is 25.4 Å². The summed E-state index contributed by atoms with van der Waals surface area (Å²) in [5.41, 5.74) is 0. The summed E-state index contributed by atoms with van der Waals surface area (Å²) in [5.74, 6) is 1.27. The molecule has 0 amide bonds. The summed E-state index contributed by atoms with van der Waals surface area (Å²) in [4.78, 5) is 2.87. The lowest BCUT2D eigenvalue weighted by Crippen LogP contribution is -2.53. The minimum atomic E-state index is 0.264. The average molecular weight is 186 g/mol. The minimum Gasteiger partial charge on any atom is -0.290 e. The van der Waals surface area contributed by atoms with Crippen LogP contribution in [0.4, 0.5) is 0 Å². The molecule has 2 saturated heterocycles. The number of hydrogen-bond donors (Lipinski definition) is 1. The van der Waals surface area contributed by atoms with Gasteiger partial charge in [-0.1, -0.05) is 6.42 Å². The van der Waals surface area contributed by atoms with E-state index in [-0.39, 0.29) is 4.99 Å².